The lowest BCUT2D eigenvalue weighted by Crippen LogP contribution is -2.19. The average Bonchev–Trinajstić information content (AvgIpc) is 3.07. The first-order chi connectivity index (χ1) is 14.1. The maximum atomic E-state index is 12.8. The molecule has 4 rings (SSSR count). The molecule has 2 N–H and O–H groups in total. The van der Waals surface area contributed by atoms with Gasteiger partial charge in [-0.25, -0.2) is 0 Å². The Morgan fingerprint density at radius 2 is 1.48 bits per heavy atom. The molecule has 0 saturated heterocycles. The van der Waals surface area contributed by atoms with Crippen LogP contribution < -0.4 is 10.6 Å². The number of nitrogens with zero attached hydrogens (tertiary/aromatic N) is 1. The molecule has 0 aliphatic heterocycles. The van der Waals surface area contributed by atoms with Crippen LogP contribution in [0.5, 0.6) is 0 Å². The zero-order valence-electron chi connectivity index (χ0n) is 16.1. The normalized spacial score (nSPS) is 10.7. The maximum Gasteiger partial charge on any atom is 0.244 e. The van der Waals surface area contributed by atoms with Crippen LogP contribution in [0.25, 0.3) is 22.2 Å². The van der Waals surface area contributed by atoms with Crippen molar-refractivity contribution in [3.8, 4) is 11.3 Å². The number of aromatic nitrogens is 1. The summed E-state index contributed by atoms with van der Waals surface area (Å²) in [4.78, 5) is 24.1. The summed E-state index contributed by atoms with van der Waals surface area (Å²) in [5.74, 6) is -0.289. The van der Waals surface area contributed by atoms with Crippen LogP contribution in [0.2, 0.25) is 0 Å². The molecule has 0 radical (unpaired) electrons. The largest absolute Gasteiger partial charge is 0.331 e. The van der Waals surface area contributed by atoms with Crippen LogP contribution in [0.4, 0.5) is 11.4 Å². The van der Waals surface area contributed by atoms with Crippen LogP contribution in [-0.4, -0.2) is 16.4 Å². The number of hydrogen-bond acceptors (Lipinski definition) is 2. The summed E-state index contributed by atoms with van der Waals surface area (Å²) < 4.78 is 2.03. The van der Waals surface area contributed by atoms with Crippen molar-refractivity contribution in [2.75, 3.05) is 10.6 Å². The summed E-state index contributed by atoms with van der Waals surface area (Å²) in [6.45, 7) is 1.63. The first-order valence-electron chi connectivity index (χ1n) is 9.41. The van der Waals surface area contributed by atoms with Crippen LogP contribution in [-0.2, 0) is 16.1 Å². The molecule has 1 heterocycles. The van der Waals surface area contributed by atoms with Gasteiger partial charge >= 0.3 is 0 Å². The molecule has 1 aromatic heterocycles. The molecule has 0 aliphatic carbocycles. The molecule has 0 bridgehead atoms. The molecule has 0 spiro atoms. The van der Waals surface area contributed by atoms with E-state index in [-0.39, 0.29) is 18.4 Å². The van der Waals surface area contributed by atoms with Crippen LogP contribution in [0.3, 0.4) is 0 Å². The Kier molecular flexibility index (Phi) is 5.12. The first kappa shape index (κ1) is 18.5. The van der Waals surface area contributed by atoms with E-state index in [2.05, 4.69) is 16.7 Å². The number of amides is 2. The van der Waals surface area contributed by atoms with Gasteiger partial charge in [-0.1, -0.05) is 54.6 Å². The predicted molar refractivity (Wildman–Crippen MR) is 117 cm³/mol. The molecule has 0 atom stereocenters. The van der Waals surface area contributed by atoms with Crippen molar-refractivity contribution >= 4 is 34.1 Å². The minimum absolute atomic E-state index is 0.136. The third-order valence-electron chi connectivity index (χ3n) is 4.65. The molecule has 0 unspecified atom stereocenters. The van der Waals surface area contributed by atoms with E-state index in [1.807, 2.05) is 59.2 Å². The van der Waals surface area contributed by atoms with Gasteiger partial charge < -0.3 is 15.2 Å². The molecule has 29 heavy (non-hydrogen) atoms. The highest BCUT2D eigenvalue weighted by molar-refractivity contribution is 5.95. The highest BCUT2D eigenvalue weighted by Gasteiger charge is 2.13. The fourth-order valence-electron chi connectivity index (χ4n) is 3.45. The van der Waals surface area contributed by atoms with E-state index in [9.17, 15) is 9.59 Å². The summed E-state index contributed by atoms with van der Waals surface area (Å²) in [5.41, 5.74) is 4.34. The third-order valence-corrected chi connectivity index (χ3v) is 4.65. The lowest BCUT2D eigenvalue weighted by atomic mass is 10.1. The first-order valence-corrected chi connectivity index (χ1v) is 9.41. The molecular weight excluding hydrogens is 362 g/mol. The highest BCUT2D eigenvalue weighted by atomic mass is 16.2. The van der Waals surface area contributed by atoms with Crippen molar-refractivity contribution in [1.29, 1.82) is 0 Å². The summed E-state index contributed by atoms with van der Waals surface area (Å²) in [6, 6.07) is 27.3. The summed E-state index contributed by atoms with van der Waals surface area (Å²) >= 11 is 0. The van der Waals surface area contributed by atoms with Gasteiger partial charge in [0.1, 0.15) is 6.54 Å². The van der Waals surface area contributed by atoms with E-state index in [1.54, 1.807) is 24.3 Å². The number of hydrogen-bond donors (Lipinski definition) is 2. The summed E-state index contributed by atoms with van der Waals surface area (Å²) in [6.07, 6.45) is 0. The minimum Gasteiger partial charge on any atom is -0.331 e. The van der Waals surface area contributed by atoms with E-state index < -0.39 is 0 Å². The van der Waals surface area contributed by atoms with Crippen LogP contribution in [0.15, 0.2) is 84.9 Å². The Labute approximate surface area is 169 Å². The Bertz CT molecular complexity index is 1180. The number of para-hydroxylation sites is 1. The van der Waals surface area contributed by atoms with Gasteiger partial charge in [0.05, 0.1) is 0 Å². The highest BCUT2D eigenvalue weighted by Crippen LogP contribution is 2.28. The van der Waals surface area contributed by atoms with Crippen molar-refractivity contribution in [3.05, 3.63) is 84.9 Å². The van der Waals surface area contributed by atoms with Crippen molar-refractivity contribution in [3.63, 3.8) is 0 Å². The minimum atomic E-state index is -0.153. The van der Waals surface area contributed by atoms with E-state index in [0.717, 1.165) is 22.2 Å². The van der Waals surface area contributed by atoms with Crippen LogP contribution in [0, 0.1) is 0 Å². The molecule has 5 heteroatoms. The molecule has 0 saturated carbocycles. The number of anilines is 2. The third kappa shape index (κ3) is 4.19. The lowest BCUT2D eigenvalue weighted by Gasteiger charge is -2.12. The van der Waals surface area contributed by atoms with Gasteiger partial charge in [-0.15, -0.1) is 0 Å². The van der Waals surface area contributed by atoms with Gasteiger partial charge in [-0.3, -0.25) is 9.59 Å². The standard InChI is InChI=1S/C24H21N3O2/c1-17(28)25-20-11-7-12-21(15-20)26-24(29)16-27-22-13-6-5-10-19(22)14-23(27)18-8-3-2-4-9-18/h2-15H,16H2,1H3,(H,25,28)(H,26,29). The number of carbonyl (C=O) groups is 2. The zero-order valence-corrected chi connectivity index (χ0v) is 16.1. The smallest absolute Gasteiger partial charge is 0.244 e. The Balaban J connectivity index is 1.62. The number of fused-ring (bicyclic) bond motifs is 1. The summed E-state index contributed by atoms with van der Waals surface area (Å²) in [5, 5.41) is 6.74. The van der Waals surface area contributed by atoms with E-state index in [1.165, 1.54) is 6.92 Å². The molecule has 5 nitrogen and oxygen atoms in total. The van der Waals surface area contributed by atoms with Gasteiger partial charge in [-0.2, -0.15) is 0 Å². The molecule has 4 aromatic rings. The van der Waals surface area contributed by atoms with Gasteiger partial charge in [0.15, 0.2) is 0 Å². The van der Waals surface area contributed by atoms with Gasteiger partial charge in [0.25, 0.3) is 0 Å². The SMILES string of the molecule is CC(=O)Nc1cccc(NC(=O)Cn2c(-c3ccccc3)cc3ccccc32)c1. The van der Waals surface area contributed by atoms with Crippen LogP contribution in [0.1, 0.15) is 6.92 Å². The van der Waals surface area contributed by atoms with Crippen LogP contribution >= 0.6 is 0 Å². The lowest BCUT2D eigenvalue weighted by molar-refractivity contribution is -0.116. The number of carbonyl (C=O) groups excluding carboxylic acids is 2. The molecule has 2 amide bonds. The molecule has 3 aromatic carbocycles. The molecule has 0 aliphatic rings. The molecular formula is C24H21N3O2. The monoisotopic (exact) mass is 383 g/mol. The van der Waals surface area contributed by atoms with Crippen molar-refractivity contribution in [1.82, 2.24) is 4.57 Å². The van der Waals surface area contributed by atoms with Crippen molar-refractivity contribution in [2.24, 2.45) is 0 Å². The maximum absolute atomic E-state index is 12.8. The topological polar surface area (TPSA) is 63.1 Å². The second kappa shape index (κ2) is 8.02. The zero-order chi connectivity index (χ0) is 20.2. The Morgan fingerprint density at radius 3 is 2.24 bits per heavy atom. The molecule has 144 valence electrons. The van der Waals surface area contributed by atoms with Crippen molar-refractivity contribution < 1.29 is 9.59 Å². The molecule has 0 fully saturated rings. The van der Waals surface area contributed by atoms with Gasteiger partial charge in [-0.05, 0) is 35.9 Å². The predicted octanol–water partition coefficient (Wildman–Crippen LogP) is 4.91. The number of rotatable bonds is 5. The average molecular weight is 383 g/mol. The van der Waals surface area contributed by atoms with Gasteiger partial charge in [0.2, 0.25) is 11.8 Å². The van der Waals surface area contributed by atoms with Gasteiger partial charge in [0, 0.05) is 34.9 Å². The Hall–Kier alpha value is -3.86. The fourth-order valence-corrected chi connectivity index (χ4v) is 3.45. The van der Waals surface area contributed by atoms with E-state index in [4.69, 9.17) is 0 Å². The quantitative estimate of drug-likeness (QED) is 0.515. The number of benzene rings is 3. The Morgan fingerprint density at radius 1 is 0.793 bits per heavy atom. The summed E-state index contributed by atoms with van der Waals surface area (Å²) in [7, 11) is 0. The fraction of sp³-hybridized carbons (Fsp3) is 0.0833. The second-order valence-electron chi connectivity index (χ2n) is 6.85. The second-order valence-corrected chi connectivity index (χ2v) is 6.85. The van der Waals surface area contributed by atoms with E-state index in [0.29, 0.717) is 11.4 Å². The van der Waals surface area contributed by atoms with Crippen molar-refractivity contribution in [2.45, 2.75) is 13.5 Å². The number of nitrogens with one attached hydrogen (secondary N) is 2. The van der Waals surface area contributed by atoms with E-state index >= 15 is 0 Å².